The number of aromatic nitrogens is 1. The van der Waals surface area contributed by atoms with Crippen LogP contribution < -0.4 is 0 Å². The molecule has 2 aromatic carbocycles. The molecule has 25 heavy (non-hydrogen) atoms. The zero-order valence-electron chi connectivity index (χ0n) is 12.1. The number of hydrogen-bond donors (Lipinski definition) is 0. The van der Waals surface area contributed by atoms with E-state index in [0.717, 1.165) is 0 Å². The zero-order chi connectivity index (χ0) is 18.3. The Labute approximate surface area is 173 Å². The van der Waals surface area contributed by atoms with Gasteiger partial charge in [-0.25, -0.2) is 4.98 Å². The quantitative estimate of drug-likeness (QED) is 0.279. The molecule has 0 unspecified atom stereocenters. The zero-order valence-corrected chi connectivity index (χ0v) is 16.6. The van der Waals surface area contributed by atoms with Gasteiger partial charge in [0, 0.05) is 17.3 Å². The second-order valence-corrected chi connectivity index (χ2v) is 7.45. The van der Waals surface area contributed by atoms with Crippen LogP contribution in [-0.2, 0) is 0 Å². The summed E-state index contributed by atoms with van der Waals surface area (Å²) in [5, 5.41) is 1.45. The van der Waals surface area contributed by atoms with Gasteiger partial charge in [-0.2, -0.15) is 4.39 Å². The maximum absolute atomic E-state index is 14.3. The average molecular weight is 456 g/mol. The van der Waals surface area contributed by atoms with Crippen molar-refractivity contribution in [3.05, 3.63) is 72.6 Å². The van der Waals surface area contributed by atoms with Crippen LogP contribution >= 0.6 is 69.6 Å². The molecule has 0 fully saturated rings. The Morgan fingerprint density at radius 1 is 0.600 bits per heavy atom. The van der Waals surface area contributed by atoms with E-state index in [4.69, 9.17) is 69.6 Å². The van der Waals surface area contributed by atoms with Crippen molar-refractivity contribution in [2.75, 3.05) is 0 Å². The average Bonchev–Trinajstić information content (AvgIpc) is 2.57. The molecule has 1 aromatic heterocycles. The highest BCUT2D eigenvalue weighted by Gasteiger charge is 2.14. The Morgan fingerprint density at radius 2 is 1.04 bits per heavy atom. The van der Waals surface area contributed by atoms with Crippen molar-refractivity contribution in [2.45, 2.75) is 0 Å². The summed E-state index contributed by atoms with van der Waals surface area (Å²) in [5.41, 5.74) is 1.89. The summed E-state index contributed by atoms with van der Waals surface area (Å²) >= 11 is 36.1. The fraction of sp³-hybridized carbons (Fsp3) is 0. The van der Waals surface area contributed by atoms with Crippen molar-refractivity contribution in [1.82, 2.24) is 4.98 Å². The van der Waals surface area contributed by atoms with Crippen LogP contribution in [0, 0.1) is 5.95 Å². The van der Waals surface area contributed by atoms with Crippen LogP contribution in [-0.4, -0.2) is 4.98 Å². The molecule has 0 radical (unpaired) electrons. The highest BCUT2D eigenvalue weighted by molar-refractivity contribution is 6.49. The van der Waals surface area contributed by atoms with Crippen molar-refractivity contribution in [3.8, 4) is 22.3 Å². The molecular formula is C17H6Cl6FN. The molecule has 3 rings (SSSR count). The van der Waals surface area contributed by atoms with E-state index in [1.165, 1.54) is 18.3 Å². The van der Waals surface area contributed by atoms with Gasteiger partial charge in [-0.3, -0.25) is 0 Å². The minimum atomic E-state index is -0.677. The fourth-order valence-electron chi connectivity index (χ4n) is 2.24. The van der Waals surface area contributed by atoms with Crippen LogP contribution in [0.3, 0.4) is 0 Å². The van der Waals surface area contributed by atoms with Gasteiger partial charge in [0.05, 0.1) is 30.1 Å². The van der Waals surface area contributed by atoms with Crippen molar-refractivity contribution in [1.29, 1.82) is 0 Å². The van der Waals surface area contributed by atoms with Crippen LogP contribution in [0.4, 0.5) is 4.39 Å². The van der Waals surface area contributed by atoms with Crippen LogP contribution in [0.2, 0.25) is 30.1 Å². The first-order valence-corrected chi connectivity index (χ1v) is 9.00. The van der Waals surface area contributed by atoms with Crippen LogP contribution in [0.25, 0.3) is 22.3 Å². The first-order valence-electron chi connectivity index (χ1n) is 6.73. The molecule has 8 heteroatoms. The summed E-state index contributed by atoms with van der Waals surface area (Å²) < 4.78 is 14.3. The van der Waals surface area contributed by atoms with E-state index >= 15 is 0 Å². The summed E-state index contributed by atoms with van der Waals surface area (Å²) in [6, 6.07) is 7.86. The number of hydrogen-bond acceptors (Lipinski definition) is 1. The monoisotopic (exact) mass is 453 g/mol. The van der Waals surface area contributed by atoms with E-state index in [-0.39, 0.29) is 35.7 Å². The van der Waals surface area contributed by atoms with Crippen molar-refractivity contribution < 1.29 is 4.39 Å². The SMILES string of the molecule is Fc1ncc(-c2cc(Cl)c(Cl)c(Cl)c2)cc1-c1cc(Cl)c(Cl)c(Cl)c1. The molecule has 1 nitrogen and oxygen atoms in total. The molecule has 0 N–H and O–H groups in total. The van der Waals surface area contributed by atoms with Crippen molar-refractivity contribution in [2.24, 2.45) is 0 Å². The number of rotatable bonds is 2. The molecule has 0 aliphatic rings. The Morgan fingerprint density at radius 3 is 1.52 bits per heavy atom. The summed E-state index contributed by atoms with van der Waals surface area (Å²) in [6.45, 7) is 0. The van der Waals surface area contributed by atoms with Crippen LogP contribution in [0.15, 0.2) is 36.5 Å². The van der Waals surface area contributed by atoms with E-state index in [9.17, 15) is 4.39 Å². The van der Waals surface area contributed by atoms with E-state index in [1.54, 1.807) is 18.2 Å². The van der Waals surface area contributed by atoms with Crippen LogP contribution in [0.5, 0.6) is 0 Å². The summed E-state index contributed by atoms with van der Waals surface area (Å²) in [6.07, 6.45) is 1.37. The lowest BCUT2D eigenvalue weighted by molar-refractivity contribution is 0.588. The molecule has 3 aromatic rings. The normalized spacial score (nSPS) is 11.0. The minimum Gasteiger partial charge on any atom is -0.227 e. The van der Waals surface area contributed by atoms with Gasteiger partial charge in [0.25, 0.3) is 0 Å². The number of nitrogens with zero attached hydrogens (tertiary/aromatic N) is 1. The number of benzene rings is 2. The number of pyridine rings is 1. The van der Waals surface area contributed by atoms with E-state index < -0.39 is 5.95 Å². The summed E-state index contributed by atoms with van der Waals surface area (Å²) in [4.78, 5) is 3.79. The molecule has 128 valence electrons. The Kier molecular flexibility index (Phi) is 5.69. The Bertz CT molecular complexity index is 943. The third kappa shape index (κ3) is 3.85. The van der Waals surface area contributed by atoms with Gasteiger partial charge >= 0.3 is 0 Å². The molecule has 0 atom stereocenters. The fourth-order valence-corrected chi connectivity index (χ4v) is 3.43. The standard InChI is InChI=1S/C17H6Cl6FN/c18-11-2-7(3-12(19)15(11)22)9-1-10(17(24)25-6-9)8-4-13(20)16(23)14(21)5-8/h1-6H. The Hall–Kier alpha value is -0.740. The van der Waals surface area contributed by atoms with E-state index in [1.807, 2.05) is 0 Å². The van der Waals surface area contributed by atoms with Crippen molar-refractivity contribution >= 4 is 69.6 Å². The molecule has 1 heterocycles. The summed E-state index contributed by atoms with van der Waals surface area (Å²) in [7, 11) is 0. The van der Waals surface area contributed by atoms with Gasteiger partial charge in [-0.05, 0) is 41.5 Å². The largest absolute Gasteiger partial charge is 0.227 e. The van der Waals surface area contributed by atoms with Gasteiger partial charge in [-0.15, -0.1) is 0 Å². The first-order chi connectivity index (χ1) is 11.8. The lowest BCUT2D eigenvalue weighted by Crippen LogP contribution is -1.92. The molecule has 0 amide bonds. The maximum Gasteiger partial charge on any atom is 0.220 e. The molecule has 0 saturated carbocycles. The predicted molar refractivity (Wildman–Crippen MR) is 105 cm³/mol. The second kappa shape index (κ2) is 7.48. The van der Waals surface area contributed by atoms with E-state index in [2.05, 4.69) is 4.98 Å². The van der Waals surface area contributed by atoms with Crippen molar-refractivity contribution in [3.63, 3.8) is 0 Å². The topological polar surface area (TPSA) is 12.9 Å². The highest BCUT2D eigenvalue weighted by atomic mass is 35.5. The van der Waals surface area contributed by atoms with Gasteiger partial charge in [0.2, 0.25) is 5.95 Å². The minimum absolute atomic E-state index is 0.202. The molecule has 0 aliphatic carbocycles. The highest BCUT2D eigenvalue weighted by Crippen LogP contribution is 2.38. The van der Waals surface area contributed by atoms with Crippen LogP contribution in [0.1, 0.15) is 0 Å². The van der Waals surface area contributed by atoms with Gasteiger partial charge in [0.15, 0.2) is 0 Å². The lowest BCUT2D eigenvalue weighted by atomic mass is 10.0. The smallest absolute Gasteiger partial charge is 0.220 e. The molecule has 0 bridgehead atoms. The molecular weight excluding hydrogens is 450 g/mol. The lowest BCUT2D eigenvalue weighted by Gasteiger charge is -2.10. The third-order valence-electron chi connectivity index (χ3n) is 3.45. The van der Waals surface area contributed by atoms with Gasteiger partial charge < -0.3 is 0 Å². The van der Waals surface area contributed by atoms with E-state index in [0.29, 0.717) is 16.7 Å². The molecule has 0 spiro atoms. The van der Waals surface area contributed by atoms with Gasteiger partial charge in [-0.1, -0.05) is 69.6 Å². The molecule has 0 aliphatic heterocycles. The Balaban J connectivity index is 2.17. The number of halogens is 7. The predicted octanol–water partition coefficient (Wildman–Crippen LogP) is 8.48. The third-order valence-corrected chi connectivity index (χ3v) is 5.84. The first kappa shape index (κ1) is 19.0. The second-order valence-electron chi connectivity index (χ2n) is 5.07. The molecule has 0 saturated heterocycles. The van der Waals surface area contributed by atoms with Gasteiger partial charge in [0.1, 0.15) is 0 Å². The maximum atomic E-state index is 14.3. The summed E-state index contributed by atoms with van der Waals surface area (Å²) in [5.74, 6) is -0.677.